The first-order chi connectivity index (χ1) is 8.48. The minimum absolute atomic E-state index is 0.347. The molecule has 0 aliphatic carbocycles. The second-order valence-electron chi connectivity index (χ2n) is 5.57. The summed E-state index contributed by atoms with van der Waals surface area (Å²) in [4.78, 5) is 0. The summed E-state index contributed by atoms with van der Waals surface area (Å²) in [5, 5.41) is 2.12. The molecule has 0 N–H and O–H groups in total. The van der Waals surface area contributed by atoms with Crippen LogP contribution in [0.1, 0.15) is 42.0 Å². The lowest BCUT2D eigenvalue weighted by atomic mass is 9.79. The predicted octanol–water partition coefficient (Wildman–Crippen LogP) is 5.73. The molecule has 0 unspecified atom stereocenters. The summed E-state index contributed by atoms with van der Waals surface area (Å²) >= 11 is 7.45. The van der Waals surface area contributed by atoms with Gasteiger partial charge in [0, 0.05) is 10.7 Å². The maximum atomic E-state index is 3.73. The van der Waals surface area contributed by atoms with Crippen molar-refractivity contribution in [1.82, 2.24) is 0 Å². The monoisotopic (exact) mass is 374 g/mol. The van der Waals surface area contributed by atoms with E-state index in [1.807, 2.05) is 0 Å². The molecule has 18 heavy (non-hydrogen) atoms. The Bertz CT molecular complexity index is 369. The second-order valence-corrected chi connectivity index (χ2v) is 6.69. The first kappa shape index (κ1) is 16.2. The van der Waals surface area contributed by atoms with Crippen LogP contribution in [0.15, 0.2) is 12.1 Å². The van der Waals surface area contributed by atoms with Crippen molar-refractivity contribution in [3.63, 3.8) is 0 Å². The molecule has 0 aliphatic heterocycles. The molecule has 0 saturated heterocycles. The normalized spacial score (nSPS) is 11.9. The number of rotatable bonds is 6. The van der Waals surface area contributed by atoms with Gasteiger partial charge in [-0.2, -0.15) is 0 Å². The van der Waals surface area contributed by atoms with Crippen molar-refractivity contribution in [2.75, 3.05) is 10.7 Å². The van der Waals surface area contributed by atoms with Crippen LogP contribution in [0.2, 0.25) is 0 Å². The zero-order chi connectivity index (χ0) is 13.8. The maximum Gasteiger partial charge on any atom is 0.00991 e. The first-order valence-corrected chi connectivity index (χ1v) is 8.91. The third-order valence-electron chi connectivity index (χ3n) is 3.74. The van der Waals surface area contributed by atoms with Gasteiger partial charge in [0.2, 0.25) is 0 Å². The first-order valence-electron chi connectivity index (χ1n) is 6.66. The van der Waals surface area contributed by atoms with Crippen LogP contribution in [-0.4, -0.2) is 10.7 Å². The molecule has 0 atom stereocenters. The highest BCUT2D eigenvalue weighted by atomic mass is 79.9. The lowest BCUT2D eigenvalue weighted by Crippen LogP contribution is -2.28. The quantitative estimate of drug-likeness (QED) is 0.557. The lowest BCUT2D eigenvalue weighted by Gasteiger charge is -2.31. The van der Waals surface area contributed by atoms with Gasteiger partial charge >= 0.3 is 0 Å². The van der Waals surface area contributed by atoms with Crippen molar-refractivity contribution in [2.24, 2.45) is 5.41 Å². The van der Waals surface area contributed by atoms with Crippen molar-refractivity contribution in [3.8, 4) is 0 Å². The SMILES string of the molecule is CCCC(CBr)(CBr)Cc1c(C)cc(C)cc1C. The number of hydrogen-bond acceptors (Lipinski definition) is 0. The average molecular weight is 376 g/mol. The van der Waals surface area contributed by atoms with E-state index in [9.17, 15) is 0 Å². The molecule has 0 radical (unpaired) electrons. The molecule has 1 aromatic carbocycles. The van der Waals surface area contributed by atoms with Crippen LogP contribution in [0, 0.1) is 26.2 Å². The van der Waals surface area contributed by atoms with E-state index in [-0.39, 0.29) is 0 Å². The maximum absolute atomic E-state index is 3.73. The number of aryl methyl sites for hydroxylation is 3. The molecule has 2 heteroatoms. The summed E-state index contributed by atoms with van der Waals surface area (Å²) in [6.07, 6.45) is 3.66. The van der Waals surface area contributed by atoms with Crippen LogP contribution in [0.4, 0.5) is 0 Å². The van der Waals surface area contributed by atoms with Crippen LogP contribution in [-0.2, 0) is 6.42 Å². The van der Waals surface area contributed by atoms with E-state index in [1.54, 1.807) is 0 Å². The van der Waals surface area contributed by atoms with Gasteiger partial charge < -0.3 is 0 Å². The van der Waals surface area contributed by atoms with E-state index in [2.05, 4.69) is 71.7 Å². The smallest absolute Gasteiger partial charge is 0.00991 e. The average Bonchev–Trinajstić information content (AvgIpc) is 2.32. The zero-order valence-corrected chi connectivity index (χ0v) is 15.1. The highest BCUT2D eigenvalue weighted by Crippen LogP contribution is 2.35. The Balaban J connectivity index is 3.08. The predicted molar refractivity (Wildman–Crippen MR) is 89.3 cm³/mol. The summed E-state index contributed by atoms with van der Waals surface area (Å²) < 4.78 is 0. The van der Waals surface area contributed by atoms with Crippen molar-refractivity contribution >= 4 is 31.9 Å². The van der Waals surface area contributed by atoms with E-state index in [4.69, 9.17) is 0 Å². The van der Waals surface area contributed by atoms with Gasteiger partial charge in [-0.3, -0.25) is 0 Å². The van der Waals surface area contributed by atoms with Gasteiger partial charge in [0.25, 0.3) is 0 Å². The van der Waals surface area contributed by atoms with Gasteiger partial charge in [-0.05, 0) is 55.7 Å². The van der Waals surface area contributed by atoms with Crippen molar-refractivity contribution in [3.05, 3.63) is 34.4 Å². The van der Waals surface area contributed by atoms with Crippen LogP contribution < -0.4 is 0 Å². The van der Waals surface area contributed by atoms with Gasteiger partial charge in [0.05, 0.1) is 0 Å². The minimum atomic E-state index is 0.347. The summed E-state index contributed by atoms with van der Waals surface area (Å²) in [6.45, 7) is 8.94. The molecule has 0 aliphatic rings. The molecule has 1 aromatic rings. The van der Waals surface area contributed by atoms with E-state index in [0.29, 0.717) is 5.41 Å². The molecule has 0 spiro atoms. The van der Waals surface area contributed by atoms with Gasteiger partial charge in [-0.1, -0.05) is 62.9 Å². The topological polar surface area (TPSA) is 0 Å². The highest BCUT2D eigenvalue weighted by Gasteiger charge is 2.28. The molecule has 0 heterocycles. The zero-order valence-electron chi connectivity index (χ0n) is 11.9. The Labute approximate surface area is 129 Å². The standard InChI is InChI=1S/C16H24Br2/c1-5-6-16(10-17,11-18)9-15-13(3)7-12(2)8-14(15)4/h7-8H,5-6,9-11H2,1-4H3. The van der Waals surface area contributed by atoms with Gasteiger partial charge in [0.15, 0.2) is 0 Å². The van der Waals surface area contributed by atoms with E-state index >= 15 is 0 Å². The second kappa shape index (κ2) is 7.09. The largest absolute Gasteiger partial charge is 0.0922 e. The minimum Gasteiger partial charge on any atom is -0.0922 e. The molecule has 0 saturated carbocycles. The van der Waals surface area contributed by atoms with Crippen molar-refractivity contribution in [2.45, 2.75) is 47.0 Å². The Kier molecular flexibility index (Phi) is 6.40. The van der Waals surface area contributed by atoms with Crippen LogP contribution in [0.25, 0.3) is 0 Å². The van der Waals surface area contributed by atoms with Crippen LogP contribution in [0.3, 0.4) is 0 Å². The molecule has 1 rings (SSSR count). The molecule has 0 fully saturated rings. The fraction of sp³-hybridized carbons (Fsp3) is 0.625. The Morgan fingerprint density at radius 2 is 1.50 bits per heavy atom. The van der Waals surface area contributed by atoms with E-state index in [1.165, 1.54) is 35.1 Å². The third-order valence-corrected chi connectivity index (χ3v) is 6.12. The number of halogens is 2. The molecular weight excluding hydrogens is 352 g/mol. The van der Waals surface area contributed by atoms with Crippen molar-refractivity contribution < 1.29 is 0 Å². The van der Waals surface area contributed by atoms with Gasteiger partial charge in [-0.25, -0.2) is 0 Å². The number of alkyl halides is 2. The lowest BCUT2D eigenvalue weighted by molar-refractivity contribution is 0.350. The summed E-state index contributed by atoms with van der Waals surface area (Å²) in [6, 6.07) is 4.61. The molecule has 102 valence electrons. The van der Waals surface area contributed by atoms with E-state index < -0.39 is 0 Å². The molecular formula is C16H24Br2. The highest BCUT2D eigenvalue weighted by molar-refractivity contribution is 9.09. The van der Waals surface area contributed by atoms with Crippen LogP contribution >= 0.6 is 31.9 Å². The van der Waals surface area contributed by atoms with E-state index in [0.717, 1.165) is 17.1 Å². The van der Waals surface area contributed by atoms with Crippen LogP contribution in [0.5, 0.6) is 0 Å². The summed E-state index contributed by atoms with van der Waals surface area (Å²) in [5.74, 6) is 0. The Morgan fingerprint density at radius 1 is 1.00 bits per heavy atom. The number of benzene rings is 1. The summed E-state index contributed by atoms with van der Waals surface area (Å²) in [5.41, 5.74) is 6.13. The fourth-order valence-electron chi connectivity index (χ4n) is 2.75. The molecule has 0 bridgehead atoms. The Hall–Kier alpha value is 0.180. The fourth-order valence-corrected chi connectivity index (χ4v) is 4.63. The Morgan fingerprint density at radius 3 is 1.89 bits per heavy atom. The van der Waals surface area contributed by atoms with Crippen molar-refractivity contribution in [1.29, 1.82) is 0 Å². The van der Waals surface area contributed by atoms with Gasteiger partial charge in [0.1, 0.15) is 0 Å². The molecule has 0 aromatic heterocycles. The van der Waals surface area contributed by atoms with Gasteiger partial charge in [-0.15, -0.1) is 0 Å². The molecule has 0 nitrogen and oxygen atoms in total. The molecule has 0 amide bonds. The number of hydrogen-bond donors (Lipinski definition) is 0. The summed E-state index contributed by atoms with van der Waals surface area (Å²) in [7, 11) is 0. The third kappa shape index (κ3) is 3.84.